The third kappa shape index (κ3) is 3.57. The Bertz CT molecular complexity index is 247. The van der Waals surface area contributed by atoms with Crippen LogP contribution in [0.3, 0.4) is 0 Å². The normalized spacial score (nSPS) is 11.1. The first-order chi connectivity index (χ1) is 6.22. The highest BCUT2D eigenvalue weighted by molar-refractivity contribution is 4.92. The number of aliphatic hydroxyl groups excluding tert-OH is 1. The minimum atomic E-state index is 0.222. The lowest BCUT2D eigenvalue weighted by atomic mass is 10.5. The number of likely N-dealkylation sites (N-methyl/N-ethyl adjacent to an activating group) is 1. The van der Waals surface area contributed by atoms with Gasteiger partial charge in [-0.15, -0.1) is 0 Å². The first-order valence-corrected chi connectivity index (χ1v) is 4.50. The minimum Gasteiger partial charge on any atom is -0.395 e. The number of hydrogen-bond acceptors (Lipinski definition) is 3. The molecule has 1 rings (SSSR count). The summed E-state index contributed by atoms with van der Waals surface area (Å²) in [6, 6.07) is 0. The van der Waals surface area contributed by atoms with E-state index in [9.17, 15) is 0 Å². The molecule has 0 aliphatic rings. The molecule has 0 aliphatic heterocycles. The van der Waals surface area contributed by atoms with Crippen LogP contribution in [0, 0.1) is 6.92 Å². The fraction of sp³-hybridized carbons (Fsp3) is 0.667. The molecular formula is C9H17N3O. The molecule has 0 atom stereocenters. The van der Waals surface area contributed by atoms with Gasteiger partial charge in [-0.2, -0.15) is 0 Å². The molecule has 1 aromatic heterocycles. The first kappa shape index (κ1) is 10.2. The molecule has 0 unspecified atom stereocenters. The number of aromatic nitrogens is 2. The van der Waals surface area contributed by atoms with Gasteiger partial charge in [0, 0.05) is 25.8 Å². The van der Waals surface area contributed by atoms with E-state index < -0.39 is 0 Å². The molecule has 0 spiro atoms. The third-order valence-electron chi connectivity index (χ3n) is 1.98. The van der Waals surface area contributed by atoms with Gasteiger partial charge in [0.2, 0.25) is 0 Å². The molecule has 1 aromatic rings. The number of nitrogens with zero attached hydrogens (tertiary/aromatic N) is 3. The zero-order valence-electron chi connectivity index (χ0n) is 8.27. The van der Waals surface area contributed by atoms with Gasteiger partial charge in [-0.1, -0.05) is 0 Å². The molecule has 1 heterocycles. The SMILES string of the molecule is Cc1cn(CCN(C)CCO)cn1. The number of aliphatic hydroxyl groups is 1. The summed E-state index contributed by atoms with van der Waals surface area (Å²) in [4.78, 5) is 6.23. The molecule has 1 N–H and O–H groups in total. The molecule has 4 heteroatoms. The van der Waals surface area contributed by atoms with Gasteiger partial charge >= 0.3 is 0 Å². The van der Waals surface area contributed by atoms with E-state index >= 15 is 0 Å². The molecule has 0 saturated carbocycles. The Hall–Kier alpha value is -0.870. The van der Waals surface area contributed by atoms with Crippen LogP contribution in [0.4, 0.5) is 0 Å². The van der Waals surface area contributed by atoms with Gasteiger partial charge in [-0.25, -0.2) is 4.98 Å². The Morgan fingerprint density at radius 3 is 2.85 bits per heavy atom. The summed E-state index contributed by atoms with van der Waals surface area (Å²) in [5, 5.41) is 8.68. The Kier molecular flexibility index (Phi) is 3.92. The van der Waals surface area contributed by atoms with Crippen LogP contribution >= 0.6 is 0 Å². The number of imidazole rings is 1. The zero-order chi connectivity index (χ0) is 9.68. The lowest BCUT2D eigenvalue weighted by Crippen LogP contribution is -2.25. The lowest BCUT2D eigenvalue weighted by molar-refractivity contribution is 0.217. The summed E-state index contributed by atoms with van der Waals surface area (Å²) < 4.78 is 2.06. The fourth-order valence-corrected chi connectivity index (χ4v) is 1.16. The van der Waals surface area contributed by atoms with Gasteiger partial charge in [0.1, 0.15) is 0 Å². The summed E-state index contributed by atoms with van der Waals surface area (Å²) in [5.41, 5.74) is 1.05. The molecule has 0 bridgehead atoms. The van der Waals surface area contributed by atoms with Crippen molar-refractivity contribution in [3.05, 3.63) is 18.2 Å². The molecule has 0 amide bonds. The van der Waals surface area contributed by atoms with E-state index in [0.29, 0.717) is 0 Å². The lowest BCUT2D eigenvalue weighted by Gasteiger charge is -2.14. The second kappa shape index (κ2) is 4.99. The molecule has 74 valence electrons. The third-order valence-corrected chi connectivity index (χ3v) is 1.98. The van der Waals surface area contributed by atoms with Crippen LogP contribution in [0.5, 0.6) is 0 Å². The van der Waals surface area contributed by atoms with Gasteiger partial charge in [-0.3, -0.25) is 0 Å². The van der Waals surface area contributed by atoms with Crippen molar-refractivity contribution in [3.8, 4) is 0 Å². The maximum absolute atomic E-state index is 8.68. The van der Waals surface area contributed by atoms with Crippen LogP contribution in [0.15, 0.2) is 12.5 Å². The second-order valence-electron chi connectivity index (χ2n) is 3.28. The maximum atomic E-state index is 8.68. The fourth-order valence-electron chi connectivity index (χ4n) is 1.16. The first-order valence-electron chi connectivity index (χ1n) is 4.50. The minimum absolute atomic E-state index is 0.222. The molecule has 4 nitrogen and oxygen atoms in total. The predicted octanol–water partition coefficient (Wildman–Crippen LogP) is 0.116. The van der Waals surface area contributed by atoms with Crippen molar-refractivity contribution in [2.45, 2.75) is 13.5 Å². The molecule has 0 aromatic carbocycles. The number of hydrogen-bond donors (Lipinski definition) is 1. The summed E-state index contributed by atoms with van der Waals surface area (Å²) in [6.07, 6.45) is 3.86. The Balaban J connectivity index is 2.26. The van der Waals surface area contributed by atoms with Crippen molar-refractivity contribution < 1.29 is 5.11 Å². The topological polar surface area (TPSA) is 41.3 Å². The van der Waals surface area contributed by atoms with Crippen LogP contribution in [0.25, 0.3) is 0 Å². The smallest absolute Gasteiger partial charge is 0.0949 e. The van der Waals surface area contributed by atoms with E-state index in [1.165, 1.54) is 0 Å². The molecule has 13 heavy (non-hydrogen) atoms. The highest BCUT2D eigenvalue weighted by Gasteiger charge is 1.97. The van der Waals surface area contributed by atoms with Gasteiger partial charge in [0.25, 0.3) is 0 Å². The van der Waals surface area contributed by atoms with E-state index in [1.807, 2.05) is 26.5 Å². The van der Waals surface area contributed by atoms with E-state index in [4.69, 9.17) is 5.11 Å². The standard InChI is InChI=1S/C9H17N3O/c1-9-7-12(8-10-9)4-3-11(2)5-6-13/h7-8,13H,3-6H2,1-2H3. The van der Waals surface area contributed by atoms with Crippen molar-refractivity contribution in [2.75, 3.05) is 26.7 Å². The predicted molar refractivity (Wildman–Crippen MR) is 51.5 cm³/mol. The highest BCUT2D eigenvalue weighted by Crippen LogP contribution is 1.93. The number of aryl methyl sites for hydroxylation is 1. The zero-order valence-corrected chi connectivity index (χ0v) is 8.27. The number of rotatable bonds is 5. The van der Waals surface area contributed by atoms with E-state index in [0.717, 1.165) is 25.3 Å². The Morgan fingerprint density at radius 1 is 1.54 bits per heavy atom. The van der Waals surface area contributed by atoms with Crippen LogP contribution in [-0.4, -0.2) is 46.3 Å². The molecular weight excluding hydrogens is 166 g/mol. The second-order valence-corrected chi connectivity index (χ2v) is 3.28. The summed E-state index contributed by atoms with van der Waals surface area (Å²) in [6.45, 7) is 4.80. The van der Waals surface area contributed by atoms with Gasteiger partial charge in [-0.05, 0) is 14.0 Å². The summed E-state index contributed by atoms with van der Waals surface area (Å²) in [5.74, 6) is 0. The molecule has 0 aliphatic carbocycles. The summed E-state index contributed by atoms with van der Waals surface area (Å²) in [7, 11) is 2.00. The van der Waals surface area contributed by atoms with Crippen molar-refractivity contribution in [2.24, 2.45) is 0 Å². The van der Waals surface area contributed by atoms with E-state index in [2.05, 4.69) is 14.5 Å². The van der Waals surface area contributed by atoms with Crippen molar-refractivity contribution in [3.63, 3.8) is 0 Å². The molecule has 0 radical (unpaired) electrons. The largest absolute Gasteiger partial charge is 0.395 e. The average Bonchev–Trinajstić information content (AvgIpc) is 2.49. The summed E-state index contributed by atoms with van der Waals surface area (Å²) >= 11 is 0. The van der Waals surface area contributed by atoms with E-state index in [-0.39, 0.29) is 6.61 Å². The van der Waals surface area contributed by atoms with Crippen LogP contribution in [0.2, 0.25) is 0 Å². The highest BCUT2D eigenvalue weighted by atomic mass is 16.3. The Morgan fingerprint density at radius 2 is 2.31 bits per heavy atom. The quantitative estimate of drug-likeness (QED) is 0.704. The molecule has 0 fully saturated rings. The van der Waals surface area contributed by atoms with Crippen LogP contribution in [-0.2, 0) is 6.54 Å². The van der Waals surface area contributed by atoms with Crippen LogP contribution in [0.1, 0.15) is 5.69 Å². The van der Waals surface area contributed by atoms with Crippen LogP contribution < -0.4 is 0 Å². The van der Waals surface area contributed by atoms with E-state index in [1.54, 1.807) is 0 Å². The maximum Gasteiger partial charge on any atom is 0.0949 e. The monoisotopic (exact) mass is 183 g/mol. The van der Waals surface area contributed by atoms with Gasteiger partial charge in [0.05, 0.1) is 18.6 Å². The van der Waals surface area contributed by atoms with Crippen molar-refractivity contribution >= 4 is 0 Å². The van der Waals surface area contributed by atoms with Crippen molar-refractivity contribution in [1.29, 1.82) is 0 Å². The molecule has 0 saturated heterocycles. The van der Waals surface area contributed by atoms with Gasteiger partial charge in [0.15, 0.2) is 0 Å². The van der Waals surface area contributed by atoms with Crippen molar-refractivity contribution in [1.82, 2.24) is 14.5 Å². The Labute approximate surface area is 78.8 Å². The van der Waals surface area contributed by atoms with Gasteiger partial charge < -0.3 is 14.6 Å². The average molecular weight is 183 g/mol.